The smallest absolute Gasteiger partial charge is 0.287 e. The molecule has 0 radical (unpaired) electrons. The monoisotopic (exact) mass is 374 g/mol. The van der Waals surface area contributed by atoms with E-state index in [1.165, 1.54) is 0 Å². The molecule has 1 N–H and O–H groups in total. The number of carboxylic acids is 1. The number of ether oxygens (including phenoxy) is 1. The molecular weight excluding hydrogens is 348 g/mol. The molecule has 1 heterocycles. The molecule has 0 fully saturated rings. The number of carbonyl (C=O) groups excluding carboxylic acids is 2. The molecule has 1 aromatic carbocycles. The zero-order valence-corrected chi connectivity index (χ0v) is 16.2. The van der Waals surface area contributed by atoms with Crippen LogP contribution in [0.5, 0.6) is 5.75 Å². The maximum absolute atomic E-state index is 12.6. The number of furan rings is 1. The summed E-state index contributed by atoms with van der Waals surface area (Å²) < 4.78 is 11.8. The number of hydrogen-bond donors (Lipinski definition) is 1. The number of quaternary nitrogens is 1. The Morgan fingerprint density at radius 1 is 1.22 bits per heavy atom. The van der Waals surface area contributed by atoms with Crippen LogP contribution in [0.25, 0.3) is 0 Å². The minimum absolute atomic E-state index is 0.159. The number of carbonyl (C=O) groups is 2. The Bertz CT molecular complexity index is 777. The molecule has 2 aromatic rings. The highest BCUT2D eigenvalue weighted by Crippen LogP contribution is 2.18. The Hall–Kier alpha value is -2.80. The van der Waals surface area contributed by atoms with Gasteiger partial charge in [-0.3, -0.25) is 4.79 Å². The van der Waals surface area contributed by atoms with Crippen LogP contribution in [0.15, 0.2) is 40.8 Å². The summed E-state index contributed by atoms with van der Waals surface area (Å²) in [6.07, 6.45) is -0.259. The van der Waals surface area contributed by atoms with Crippen LogP contribution in [0.3, 0.4) is 0 Å². The van der Waals surface area contributed by atoms with Crippen molar-refractivity contribution in [1.82, 2.24) is 5.32 Å². The summed E-state index contributed by atoms with van der Waals surface area (Å²) in [5.41, 5.74) is 0.664. The van der Waals surface area contributed by atoms with Crippen molar-refractivity contribution in [2.45, 2.75) is 26.0 Å². The van der Waals surface area contributed by atoms with E-state index in [0.717, 1.165) is 0 Å². The molecule has 0 unspecified atom stereocenters. The second kappa shape index (κ2) is 8.73. The molecule has 0 spiro atoms. The number of aryl methyl sites for hydroxylation is 1. The number of carboxylic acid groups (broad SMARTS) is 1. The summed E-state index contributed by atoms with van der Waals surface area (Å²) in [4.78, 5) is 23.6. The molecule has 7 nitrogen and oxygen atoms in total. The van der Waals surface area contributed by atoms with E-state index >= 15 is 0 Å². The van der Waals surface area contributed by atoms with E-state index in [9.17, 15) is 14.7 Å². The van der Waals surface area contributed by atoms with Crippen molar-refractivity contribution in [3.63, 3.8) is 0 Å². The Morgan fingerprint density at radius 2 is 1.89 bits per heavy atom. The largest absolute Gasteiger partial charge is 0.550 e. The predicted octanol–water partition coefficient (Wildman–Crippen LogP) is 1.11. The quantitative estimate of drug-likeness (QED) is 0.664. The number of para-hydroxylation sites is 1. The first kappa shape index (κ1) is 20.5. The molecule has 0 aliphatic heterocycles. The Kier molecular flexibility index (Phi) is 6.63. The highest BCUT2D eigenvalue weighted by molar-refractivity contribution is 5.93. The number of nitrogens with one attached hydrogen (secondary N) is 1. The number of hydrogen-bond acceptors (Lipinski definition) is 5. The van der Waals surface area contributed by atoms with Gasteiger partial charge in [0.05, 0.1) is 33.7 Å². The second-order valence-corrected chi connectivity index (χ2v) is 7.55. The van der Waals surface area contributed by atoms with Crippen LogP contribution < -0.4 is 15.2 Å². The van der Waals surface area contributed by atoms with Crippen molar-refractivity contribution in [1.29, 1.82) is 0 Å². The van der Waals surface area contributed by atoms with Gasteiger partial charge in [0.2, 0.25) is 0 Å². The van der Waals surface area contributed by atoms with Crippen LogP contribution in [0, 0.1) is 6.92 Å². The number of nitrogens with zero attached hydrogens (tertiary/aromatic N) is 1. The van der Waals surface area contributed by atoms with Gasteiger partial charge >= 0.3 is 0 Å². The Morgan fingerprint density at radius 3 is 2.48 bits per heavy atom. The van der Waals surface area contributed by atoms with Crippen molar-refractivity contribution in [2.75, 3.05) is 27.7 Å². The maximum Gasteiger partial charge on any atom is 0.287 e. The minimum Gasteiger partial charge on any atom is -0.550 e. The fourth-order valence-electron chi connectivity index (χ4n) is 2.79. The summed E-state index contributed by atoms with van der Waals surface area (Å²) in [6, 6.07) is 10.5. The molecule has 0 bridgehead atoms. The van der Waals surface area contributed by atoms with Gasteiger partial charge in [0, 0.05) is 18.0 Å². The third-order valence-corrected chi connectivity index (χ3v) is 3.82. The van der Waals surface area contributed by atoms with E-state index < -0.39 is 17.9 Å². The first-order chi connectivity index (χ1) is 12.6. The van der Waals surface area contributed by atoms with Crippen molar-refractivity contribution < 1.29 is 28.3 Å². The number of aliphatic carboxylic acids is 1. The summed E-state index contributed by atoms with van der Waals surface area (Å²) in [7, 11) is 5.77. The number of rotatable bonds is 9. The van der Waals surface area contributed by atoms with Crippen LogP contribution in [-0.4, -0.2) is 50.1 Å². The molecule has 146 valence electrons. The molecule has 7 heteroatoms. The van der Waals surface area contributed by atoms with Crippen LogP contribution in [0.4, 0.5) is 0 Å². The van der Waals surface area contributed by atoms with Crippen LogP contribution in [-0.2, 0) is 11.4 Å². The molecule has 1 atom stereocenters. The average molecular weight is 374 g/mol. The molecular formula is C20H26N2O5. The van der Waals surface area contributed by atoms with Crippen LogP contribution in [0.1, 0.15) is 28.3 Å². The van der Waals surface area contributed by atoms with Gasteiger partial charge in [-0.1, -0.05) is 18.2 Å². The molecule has 0 aliphatic rings. The lowest BCUT2D eigenvalue weighted by Crippen LogP contribution is -2.50. The Labute approximate surface area is 159 Å². The topological polar surface area (TPSA) is 91.6 Å². The van der Waals surface area contributed by atoms with Crippen molar-refractivity contribution in [3.05, 3.63) is 53.5 Å². The van der Waals surface area contributed by atoms with Crippen LogP contribution in [0.2, 0.25) is 0 Å². The van der Waals surface area contributed by atoms with Gasteiger partial charge in [0.1, 0.15) is 18.1 Å². The fourth-order valence-corrected chi connectivity index (χ4v) is 2.79. The summed E-state index contributed by atoms with van der Waals surface area (Å²) in [5.74, 6) is -0.273. The van der Waals surface area contributed by atoms with E-state index in [-0.39, 0.29) is 18.8 Å². The lowest BCUT2D eigenvalue weighted by molar-refractivity contribution is -0.871. The minimum atomic E-state index is -1.21. The van der Waals surface area contributed by atoms with Gasteiger partial charge in [-0.05, 0) is 25.1 Å². The summed E-state index contributed by atoms with van der Waals surface area (Å²) >= 11 is 0. The zero-order valence-electron chi connectivity index (χ0n) is 16.2. The third-order valence-electron chi connectivity index (χ3n) is 3.82. The molecule has 1 amide bonds. The molecule has 2 rings (SSSR count). The van der Waals surface area contributed by atoms with Crippen LogP contribution >= 0.6 is 0 Å². The average Bonchev–Trinajstić information content (AvgIpc) is 2.92. The van der Waals surface area contributed by atoms with Crippen molar-refractivity contribution in [3.8, 4) is 5.75 Å². The molecule has 0 aliphatic carbocycles. The van der Waals surface area contributed by atoms with Gasteiger partial charge in [-0.2, -0.15) is 0 Å². The van der Waals surface area contributed by atoms with Gasteiger partial charge in [-0.25, -0.2) is 0 Å². The molecule has 1 aromatic heterocycles. The van der Waals surface area contributed by atoms with E-state index in [2.05, 4.69) is 5.32 Å². The van der Waals surface area contributed by atoms with Gasteiger partial charge in [0.15, 0.2) is 5.76 Å². The molecule has 0 saturated heterocycles. The fraction of sp³-hybridized carbons (Fsp3) is 0.400. The standard InChI is InChI=1S/C20H26N2O5/c1-14-10-17(13-26-16-8-6-5-7-9-16)27-19(14)20(25)21-15(11-18(23)24)12-22(2,3)4/h5-10,15H,11-13H2,1-4H3,(H-,21,23,24,25)/t15-/m1/s1. The van der Waals surface area contributed by atoms with Crippen molar-refractivity contribution >= 4 is 11.9 Å². The number of amides is 1. The van der Waals surface area contributed by atoms with Gasteiger partial charge < -0.3 is 28.9 Å². The number of likely N-dealkylation sites (N-methyl/N-ethyl adjacent to an activating group) is 1. The van der Waals surface area contributed by atoms with Gasteiger partial charge in [0.25, 0.3) is 5.91 Å². The lowest BCUT2D eigenvalue weighted by Gasteiger charge is -2.29. The summed E-state index contributed by atoms with van der Waals surface area (Å²) in [6.45, 7) is 2.40. The number of benzene rings is 1. The zero-order chi connectivity index (χ0) is 20.0. The van der Waals surface area contributed by atoms with Gasteiger partial charge in [-0.15, -0.1) is 0 Å². The Balaban J connectivity index is 2.04. The van der Waals surface area contributed by atoms with E-state index in [0.29, 0.717) is 28.1 Å². The normalized spacial score (nSPS) is 12.4. The first-order valence-electron chi connectivity index (χ1n) is 8.72. The SMILES string of the molecule is Cc1cc(COc2ccccc2)oc1C(=O)N[C@H](CC(=O)[O-])C[N+](C)(C)C. The highest BCUT2D eigenvalue weighted by Gasteiger charge is 2.24. The molecule has 27 heavy (non-hydrogen) atoms. The predicted molar refractivity (Wildman–Crippen MR) is 98.0 cm³/mol. The summed E-state index contributed by atoms with van der Waals surface area (Å²) in [5, 5.41) is 13.7. The third kappa shape index (κ3) is 6.79. The van der Waals surface area contributed by atoms with E-state index in [1.54, 1.807) is 13.0 Å². The van der Waals surface area contributed by atoms with E-state index in [4.69, 9.17) is 9.15 Å². The first-order valence-corrected chi connectivity index (χ1v) is 8.72. The maximum atomic E-state index is 12.6. The lowest BCUT2D eigenvalue weighted by atomic mass is 10.1. The molecule has 0 saturated carbocycles. The second-order valence-electron chi connectivity index (χ2n) is 7.55. The highest BCUT2D eigenvalue weighted by atomic mass is 16.5. The van der Waals surface area contributed by atoms with E-state index in [1.807, 2.05) is 51.5 Å². The van der Waals surface area contributed by atoms with Crippen molar-refractivity contribution in [2.24, 2.45) is 0 Å².